The predicted octanol–water partition coefficient (Wildman–Crippen LogP) is 3.21. The summed E-state index contributed by atoms with van der Waals surface area (Å²) in [6, 6.07) is 7.02. The van der Waals surface area contributed by atoms with Crippen molar-refractivity contribution in [3.63, 3.8) is 0 Å². The lowest BCUT2D eigenvalue weighted by Gasteiger charge is -2.34. The van der Waals surface area contributed by atoms with Crippen molar-refractivity contribution < 1.29 is 14.3 Å². The van der Waals surface area contributed by atoms with E-state index in [4.69, 9.17) is 4.74 Å². The molecule has 2 atom stereocenters. The van der Waals surface area contributed by atoms with E-state index >= 15 is 0 Å². The number of Topliss-reactive ketones (excluding diaryl/α,β-unsaturated/α-hetero) is 1. The fourth-order valence-electron chi connectivity index (χ4n) is 3.38. The maximum Gasteiger partial charge on any atom is 0.169 e. The number of rotatable bonds is 8. The second kappa shape index (κ2) is 8.82. The molecule has 0 amide bonds. The molecule has 1 heterocycles. The van der Waals surface area contributed by atoms with Crippen LogP contribution in [0.4, 0.5) is 0 Å². The lowest BCUT2D eigenvalue weighted by atomic mass is 9.92. The van der Waals surface area contributed by atoms with Gasteiger partial charge >= 0.3 is 0 Å². The van der Waals surface area contributed by atoms with Gasteiger partial charge in [-0.15, -0.1) is 0 Å². The van der Waals surface area contributed by atoms with E-state index in [1.54, 1.807) is 24.3 Å². The normalized spacial score (nSPS) is 21.8. The van der Waals surface area contributed by atoms with Gasteiger partial charge in [0.1, 0.15) is 12.0 Å². The summed E-state index contributed by atoms with van der Waals surface area (Å²) < 4.78 is 5.74. The second-order valence-corrected chi connectivity index (χ2v) is 6.73. The largest absolute Gasteiger partial charge is 0.494 e. The summed E-state index contributed by atoms with van der Waals surface area (Å²) in [6.07, 6.45) is 2.91. The third-order valence-corrected chi connectivity index (χ3v) is 4.28. The smallest absolute Gasteiger partial charge is 0.169 e. The topological polar surface area (TPSA) is 46.6 Å². The van der Waals surface area contributed by atoms with Crippen LogP contribution in [0.3, 0.4) is 0 Å². The van der Waals surface area contributed by atoms with Gasteiger partial charge in [0.05, 0.1) is 13.0 Å². The number of likely N-dealkylation sites (tertiary alicyclic amines) is 1. The highest BCUT2D eigenvalue weighted by Gasteiger charge is 2.20. The molecular weight excluding hydrogens is 290 g/mol. The van der Waals surface area contributed by atoms with Crippen LogP contribution in [0.15, 0.2) is 24.3 Å². The number of piperidine rings is 1. The van der Waals surface area contributed by atoms with Crippen molar-refractivity contribution in [3.8, 4) is 5.75 Å². The molecular formula is C19H27NO3. The number of ketones is 1. The molecule has 4 heteroatoms. The third kappa shape index (κ3) is 5.79. The van der Waals surface area contributed by atoms with Gasteiger partial charge in [-0.2, -0.15) is 0 Å². The summed E-state index contributed by atoms with van der Waals surface area (Å²) in [4.78, 5) is 24.4. The Bertz CT molecular complexity index is 502. The molecule has 1 unspecified atom stereocenters. The van der Waals surface area contributed by atoms with Crippen molar-refractivity contribution in [2.24, 2.45) is 11.8 Å². The molecule has 0 radical (unpaired) electrons. The van der Waals surface area contributed by atoms with Gasteiger partial charge in [0.25, 0.3) is 0 Å². The van der Waals surface area contributed by atoms with E-state index in [2.05, 4.69) is 18.7 Å². The fraction of sp³-hybridized carbons (Fsp3) is 0.579. The quantitative estimate of drug-likeness (QED) is 0.320. The van der Waals surface area contributed by atoms with E-state index in [0.717, 1.165) is 30.6 Å². The summed E-state index contributed by atoms with van der Waals surface area (Å²) in [6.45, 7) is 8.79. The summed E-state index contributed by atoms with van der Waals surface area (Å²) >= 11 is 0. The Hall–Kier alpha value is -1.68. The molecule has 23 heavy (non-hydrogen) atoms. The van der Waals surface area contributed by atoms with Gasteiger partial charge in [-0.3, -0.25) is 4.79 Å². The maximum absolute atomic E-state index is 11.6. The first kappa shape index (κ1) is 17.7. The van der Waals surface area contributed by atoms with Gasteiger partial charge in [0, 0.05) is 25.2 Å². The third-order valence-electron chi connectivity index (χ3n) is 4.28. The molecule has 0 N–H and O–H groups in total. The number of carbonyl (C=O) groups excluding carboxylic acids is 2. The molecule has 0 aliphatic carbocycles. The van der Waals surface area contributed by atoms with Crippen LogP contribution in [0.1, 0.15) is 43.5 Å². The molecule has 1 aromatic rings. The zero-order valence-electron chi connectivity index (χ0n) is 14.2. The lowest BCUT2D eigenvalue weighted by Crippen LogP contribution is -2.39. The van der Waals surface area contributed by atoms with E-state index in [9.17, 15) is 9.59 Å². The molecule has 2 rings (SSSR count). The minimum absolute atomic E-state index is 0.0626. The summed E-state index contributed by atoms with van der Waals surface area (Å²) in [7, 11) is 0. The number of hydrogen-bond donors (Lipinski definition) is 0. The van der Waals surface area contributed by atoms with Gasteiger partial charge in [-0.05, 0) is 48.9 Å². The average molecular weight is 317 g/mol. The van der Waals surface area contributed by atoms with Gasteiger partial charge in [0.2, 0.25) is 0 Å². The SMILES string of the molecule is CC1C[C@H](C)CN(CCCOc2ccc(C(=O)CC=O)cc2)C1. The van der Waals surface area contributed by atoms with Crippen molar-refractivity contribution in [1.82, 2.24) is 4.90 Å². The zero-order valence-corrected chi connectivity index (χ0v) is 14.2. The van der Waals surface area contributed by atoms with E-state index in [-0.39, 0.29) is 12.2 Å². The lowest BCUT2D eigenvalue weighted by molar-refractivity contribution is -0.107. The molecule has 0 aromatic heterocycles. The highest BCUT2D eigenvalue weighted by molar-refractivity contribution is 6.02. The van der Waals surface area contributed by atoms with E-state index in [1.165, 1.54) is 19.5 Å². The fourth-order valence-corrected chi connectivity index (χ4v) is 3.38. The molecule has 0 saturated carbocycles. The van der Waals surface area contributed by atoms with E-state index in [1.807, 2.05) is 0 Å². The van der Waals surface area contributed by atoms with Crippen LogP contribution in [0.2, 0.25) is 0 Å². The molecule has 1 saturated heterocycles. The summed E-state index contributed by atoms with van der Waals surface area (Å²) in [5.41, 5.74) is 0.556. The number of nitrogens with zero attached hydrogens (tertiary/aromatic N) is 1. The standard InChI is InChI=1S/C19H27NO3/c1-15-12-16(2)14-20(13-15)9-3-11-23-18-6-4-17(5-7-18)19(22)8-10-21/h4-7,10,15-16H,3,8-9,11-14H2,1-2H3/t15-,16?/m0/s1. The van der Waals surface area contributed by atoms with Crippen LogP contribution in [0.25, 0.3) is 0 Å². The van der Waals surface area contributed by atoms with Crippen LogP contribution in [0.5, 0.6) is 5.75 Å². The summed E-state index contributed by atoms with van der Waals surface area (Å²) in [5, 5.41) is 0. The van der Waals surface area contributed by atoms with Gasteiger partial charge < -0.3 is 14.4 Å². The molecule has 1 aliphatic rings. The highest BCUT2D eigenvalue weighted by Crippen LogP contribution is 2.21. The Morgan fingerprint density at radius 2 is 1.87 bits per heavy atom. The number of ether oxygens (including phenoxy) is 1. The highest BCUT2D eigenvalue weighted by atomic mass is 16.5. The molecule has 1 aromatic carbocycles. The van der Waals surface area contributed by atoms with E-state index in [0.29, 0.717) is 18.5 Å². The molecule has 4 nitrogen and oxygen atoms in total. The first-order valence-corrected chi connectivity index (χ1v) is 8.50. The van der Waals surface area contributed by atoms with Gasteiger partial charge in [-0.25, -0.2) is 0 Å². The monoisotopic (exact) mass is 317 g/mol. The Labute approximate surface area is 138 Å². The number of hydrogen-bond acceptors (Lipinski definition) is 4. The molecule has 126 valence electrons. The van der Waals surface area contributed by atoms with Crippen molar-refractivity contribution >= 4 is 12.1 Å². The number of aldehydes is 1. The Morgan fingerprint density at radius 3 is 2.48 bits per heavy atom. The molecule has 1 fully saturated rings. The van der Waals surface area contributed by atoms with Crippen molar-refractivity contribution in [3.05, 3.63) is 29.8 Å². The van der Waals surface area contributed by atoms with Gasteiger partial charge in [-0.1, -0.05) is 13.8 Å². The van der Waals surface area contributed by atoms with Crippen molar-refractivity contribution in [2.75, 3.05) is 26.2 Å². The van der Waals surface area contributed by atoms with Crippen molar-refractivity contribution in [1.29, 1.82) is 0 Å². The zero-order chi connectivity index (χ0) is 16.7. The molecule has 1 aliphatic heterocycles. The Balaban J connectivity index is 1.70. The maximum atomic E-state index is 11.6. The number of carbonyl (C=O) groups is 2. The first-order chi connectivity index (χ1) is 11.1. The van der Waals surface area contributed by atoms with Crippen molar-refractivity contribution in [2.45, 2.75) is 33.1 Å². The summed E-state index contributed by atoms with van der Waals surface area (Å²) in [5.74, 6) is 2.19. The minimum Gasteiger partial charge on any atom is -0.494 e. The molecule has 0 spiro atoms. The second-order valence-electron chi connectivity index (χ2n) is 6.73. The Morgan fingerprint density at radius 1 is 1.22 bits per heavy atom. The predicted molar refractivity (Wildman–Crippen MR) is 91.0 cm³/mol. The molecule has 0 bridgehead atoms. The van der Waals surface area contributed by atoms with E-state index < -0.39 is 0 Å². The van der Waals surface area contributed by atoms with Crippen LogP contribution < -0.4 is 4.74 Å². The average Bonchev–Trinajstić information content (AvgIpc) is 2.51. The Kier molecular flexibility index (Phi) is 6.78. The minimum atomic E-state index is -0.153. The van der Waals surface area contributed by atoms with Crippen LogP contribution >= 0.6 is 0 Å². The first-order valence-electron chi connectivity index (χ1n) is 8.50. The van der Waals surface area contributed by atoms with Crippen LogP contribution in [0, 0.1) is 11.8 Å². The van der Waals surface area contributed by atoms with Crippen LogP contribution in [-0.4, -0.2) is 43.2 Å². The van der Waals surface area contributed by atoms with Crippen LogP contribution in [-0.2, 0) is 4.79 Å². The number of benzene rings is 1. The van der Waals surface area contributed by atoms with Gasteiger partial charge in [0.15, 0.2) is 5.78 Å².